The Morgan fingerprint density at radius 3 is 2.57 bits per heavy atom. The number of aromatic nitrogens is 1. The van der Waals surface area contributed by atoms with Gasteiger partial charge in [-0.25, -0.2) is 0 Å². The van der Waals surface area contributed by atoms with Crippen LogP contribution in [0.5, 0.6) is 5.75 Å². The van der Waals surface area contributed by atoms with E-state index in [1.54, 1.807) is 4.57 Å². The number of anilines is 2. The molecule has 9 nitrogen and oxygen atoms in total. The number of rotatable bonds is 5. The average molecular weight is 389 g/mol. The topological polar surface area (TPSA) is 108 Å². The third kappa shape index (κ3) is 2.84. The van der Waals surface area contributed by atoms with Crippen molar-refractivity contribution in [3.63, 3.8) is 0 Å². The van der Waals surface area contributed by atoms with Gasteiger partial charge in [0, 0.05) is 44.8 Å². The van der Waals surface area contributed by atoms with Crippen LogP contribution in [0.15, 0.2) is 4.79 Å². The van der Waals surface area contributed by atoms with Gasteiger partial charge in [0.2, 0.25) is 0 Å². The van der Waals surface area contributed by atoms with Crippen molar-refractivity contribution in [3.05, 3.63) is 15.9 Å². The van der Waals surface area contributed by atoms with E-state index in [0.29, 0.717) is 56.8 Å². The van der Waals surface area contributed by atoms with Crippen LogP contribution in [0, 0.1) is 5.92 Å². The predicted octanol–water partition coefficient (Wildman–Crippen LogP) is 0.00580. The molecule has 1 aromatic rings. The predicted molar refractivity (Wildman–Crippen MR) is 104 cm³/mol. The van der Waals surface area contributed by atoms with Crippen molar-refractivity contribution in [1.82, 2.24) is 14.8 Å². The maximum atomic E-state index is 13.2. The quantitative estimate of drug-likeness (QED) is 0.562. The Kier molecular flexibility index (Phi) is 4.24. The summed E-state index contributed by atoms with van der Waals surface area (Å²) in [7, 11) is 0. The number of ether oxygens (including phenoxy) is 1. The molecule has 6 rings (SSSR count). The standard InChI is InChI=1S/C19H27N5O4/c25-15-13(17(26)22-19-9-12(10-19)11-19)18(27)24(16-14(15)20-1-2-21-16)4-3-23-5-7-28-8-6-23/h12,20-21,25H,1-11H2,(H,22,26). The molecule has 152 valence electrons. The van der Waals surface area contributed by atoms with Crippen molar-refractivity contribution < 1.29 is 14.6 Å². The van der Waals surface area contributed by atoms with E-state index >= 15 is 0 Å². The third-order valence-corrected chi connectivity index (χ3v) is 6.55. The lowest BCUT2D eigenvalue weighted by atomic mass is 9.50. The molecule has 9 heteroatoms. The van der Waals surface area contributed by atoms with Gasteiger partial charge in [-0.1, -0.05) is 0 Å². The van der Waals surface area contributed by atoms with E-state index in [1.165, 1.54) is 0 Å². The zero-order chi connectivity index (χ0) is 19.3. The van der Waals surface area contributed by atoms with E-state index in [1.807, 2.05) is 0 Å². The Morgan fingerprint density at radius 2 is 1.89 bits per heavy atom. The summed E-state index contributed by atoms with van der Waals surface area (Å²) in [5.41, 5.74) is -0.303. The number of morpholine rings is 1. The molecule has 4 fully saturated rings. The largest absolute Gasteiger partial charge is 0.505 e. The Hall–Kier alpha value is -2.26. The Labute approximate surface area is 163 Å². The number of nitrogens with one attached hydrogen (secondary N) is 3. The Morgan fingerprint density at radius 1 is 1.18 bits per heavy atom. The van der Waals surface area contributed by atoms with Gasteiger partial charge in [-0.2, -0.15) is 0 Å². The molecule has 0 aromatic carbocycles. The van der Waals surface area contributed by atoms with Crippen LogP contribution in [0.1, 0.15) is 29.6 Å². The molecule has 2 bridgehead atoms. The Balaban J connectivity index is 1.45. The molecule has 1 aromatic heterocycles. The van der Waals surface area contributed by atoms with Crippen LogP contribution in [0.3, 0.4) is 0 Å². The molecule has 5 aliphatic rings. The molecule has 0 radical (unpaired) electrons. The summed E-state index contributed by atoms with van der Waals surface area (Å²) in [4.78, 5) is 28.4. The monoisotopic (exact) mass is 389 g/mol. The minimum atomic E-state index is -0.462. The maximum absolute atomic E-state index is 13.2. The molecule has 3 saturated carbocycles. The molecule has 4 N–H and O–H groups in total. The number of hydrogen-bond donors (Lipinski definition) is 4. The molecular formula is C19H27N5O4. The van der Waals surface area contributed by atoms with Gasteiger partial charge in [0.15, 0.2) is 5.75 Å². The van der Waals surface area contributed by atoms with Crippen LogP contribution >= 0.6 is 0 Å². The number of amides is 1. The number of carbonyl (C=O) groups excluding carboxylic acids is 1. The highest BCUT2D eigenvalue weighted by atomic mass is 16.5. The van der Waals surface area contributed by atoms with E-state index < -0.39 is 11.5 Å². The summed E-state index contributed by atoms with van der Waals surface area (Å²) in [5, 5.41) is 20.1. The summed E-state index contributed by atoms with van der Waals surface area (Å²) in [5.74, 6) is 0.562. The number of fused-ring (bicyclic) bond motifs is 1. The van der Waals surface area contributed by atoms with Gasteiger partial charge in [-0.05, 0) is 25.2 Å². The van der Waals surface area contributed by atoms with Gasteiger partial charge in [0.1, 0.15) is 17.1 Å². The highest BCUT2D eigenvalue weighted by Crippen LogP contribution is 2.57. The number of aromatic hydroxyl groups is 1. The third-order valence-electron chi connectivity index (χ3n) is 6.55. The summed E-state index contributed by atoms with van der Waals surface area (Å²) in [6, 6.07) is 0. The van der Waals surface area contributed by atoms with Crippen LogP contribution in [0.25, 0.3) is 0 Å². The lowest BCUT2D eigenvalue weighted by Gasteiger charge is -2.61. The highest BCUT2D eigenvalue weighted by Gasteiger charge is 2.57. The van der Waals surface area contributed by atoms with Crippen LogP contribution in [0.2, 0.25) is 0 Å². The van der Waals surface area contributed by atoms with Crippen molar-refractivity contribution >= 4 is 17.4 Å². The van der Waals surface area contributed by atoms with Crippen LogP contribution in [-0.4, -0.2) is 72.0 Å². The maximum Gasteiger partial charge on any atom is 0.268 e. The molecule has 1 amide bonds. The van der Waals surface area contributed by atoms with Crippen molar-refractivity contribution in [2.75, 3.05) is 56.6 Å². The Bertz CT molecular complexity index is 844. The minimum Gasteiger partial charge on any atom is -0.505 e. The van der Waals surface area contributed by atoms with Crippen LogP contribution in [0.4, 0.5) is 11.5 Å². The second-order valence-electron chi connectivity index (χ2n) is 8.42. The fourth-order valence-corrected chi connectivity index (χ4v) is 4.85. The van der Waals surface area contributed by atoms with E-state index in [2.05, 4.69) is 20.9 Å². The second kappa shape index (κ2) is 6.66. The van der Waals surface area contributed by atoms with Crippen molar-refractivity contribution in [2.24, 2.45) is 5.92 Å². The van der Waals surface area contributed by atoms with E-state index in [0.717, 1.165) is 32.4 Å². The van der Waals surface area contributed by atoms with E-state index in [4.69, 9.17) is 4.74 Å². The van der Waals surface area contributed by atoms with Gasteiger partial charge in [-0.15, -0.1) is 0 Å². The molecule has 28 heavy (non-hydrogen) atoms. The number of nitrogens with zero attached hydrogens (tertiary/aromatic N) is 2. The fraction of sp³-hybridized carbons (Fsp3) is 0.684. The minimum absolute atomic E-state index is 0.151. The molecule has 3 heterocycles. The van der Waals surface area contributed by atoms with Gasteiger partial charge in [0.25, 0.3) is 11.5 Å². The molecule has 3 aliphatic carbocycles. The first-order valence-electron chi connectivity index (χ1n) is 10.2. The van der Waals surface area contributed by atoms with Crippen molar-refractivity contribution in [1.29, 1.82) is 0 Å². The first-order chi connectivity index (χ1) is 13.6. The summed E-state index contributed by atoms with van der Waals surface area (Å²) in [6.45, 7) is 5.46. The van der Waals surface area contributed by atoms with Crippen molar-refractivity contribution in [3.8, 4) is 5.75 Å². The molecule has 0 unspecified atom stereocenters. The van der Waals surface area contributed by atoms with Gasteiger partial charge < -0.3 is 25.8 Å². The summed E-state index contributed by atoms with van der Waals surface area (Å²) in [6.07, 6.45) is 2.94. The van der Waals surface area contributed by atoms with Gasteiger partial charge in [-0.3, -0.25) is 19.1 Å². The first kappa shape index (κ1) is 17.8. The smallest absolute Gasteiger partial charge is 0.268 e. The molecule has 0 spiro atoms. The molecule has 1 saturated heterocycles. The lowest BCUT2D eigenvalue weighted by molar-refractivity contribution is -0.0439. The zero-order valence-corrected chi connectivity index (χ0v) is 15.9. The van der Waals surface area contributed by atoms with Gasteiger partial charge >= 0.3 is 0 Å². The zero-order valence-electron chi connectivity index (χ0n) is 15.9. The van der Waals surface area contributed by atoms with Crippen LogP contribution in [-0.2, 0) is 11.3 Å². The highest BCUT2D eigenvalue weighted by molar-refractivity contribution is 6.00. The second-order valence-corrected chi connectivity index (χ2v) is 8.42. The normalized spacial score (nSPS) is 28.2. The lowest BCUT2D eigenvalue weighted by Crippen LogP contribution is -2.68. The molecular weight excluding hydrogens is 362 g/mol. The fourth-order valence-electron chi connectivity index (χ4n) is 4.85. The summed E-state index contributed by atoms with van der Waals surface area (Å²) < 4.78 is 6.97. The van der Waals surface area contributed by atoms with Crippen LogP contribution < -0.4 is 21.5 Å². The molecule has 2 aliphatic heterocycles. The first-order valence-corrected chi connectivity index (χ1v) is 10.2. The van der Waals surface area contributed by atoms with Crippen molar-refractivity contribution in [2.45, 2.75) is 31.3 Å². The van der Waals surface area contributed by atoms with Gasteiger partial charge in [0.05, 0.1) is 13.2 Å². The number of pyridine rings is 1. The SMILES string of the molecule is O=C(NC12CC(C1)C2)c1c(O)c2c(n(CCN3CCOCC3)c1=O)NCCN2. The summed E-state index contributed by atoms with van der Waals surface area (Å²) >= 11 is 0. The molecule has 0 atom stereocenters. The number of hydrogen-bond acceptors (Lipinski definition) is 7. The average Bonchev–Trinajstić information content (AvgIpc) is 2.64. The van der Waals surface area contributed by atoms with E-state index in [-0.39, 0.29) is 16.9 Å². The number of carbonyl (C=O) groups is 1. The van der Waals surface area contributed by atoms with E-state index in [9.17, 15) is 14.7 Å².